The lowest BCUT2D eigenvalue weighted by Gasteiger charge is -2.12. The minimum Gasteiger partial charge on any atom is -0.755 e. The van der Waals surface area contributed by atoms with E-state index in [-0.39, 0.29) is 5.92 Å². The summed E-state index contributed by atoms with van der Waals surface area (Å²) < 4.78 is 21.8. The molecule has 0 aromatic carbocycles. The fourth-order valence-corrected chi connectivity index (χ4v) is 1.37. The highest BCUT2D eigenvalue weighted by Gasteiger charge is 2.55. The monoisotopic (exact) mass is 189 g/mol. The van der Waals surface area contributed by atoms with Crippen LogP contribution in [-0.4, -0.2) is 20.2 Å². The molecule has 0 aliphatic heterocycles. The van der Waals surface area contributed by atoms with Crippen molar-refractivity contribution in [1.82, 2.24) is 4.72 Å². The number of nitrogens with one attached hydrogen (secondary N) is 1. The number of hydrogen-bond donors (Lipinski definition) is 2. The van der Waals surface area contributed by atoms with Gasteiger partial charge in [-0.2, -0.15) is 0 Å². The molecular weight excluding hydrogens is 180 g/mol. The minimum absolute atomic E-state index is 0.110. The van der Waals surface area contributed by atoms with E-state index in [0.717, 1.165) is 0 Å². The molecule has 1 fully saturated rings. The van der Waals surface area contributed by atoms with E-state index in [0.29, 0.717) is 6.42 Å². The highest BCUT2D eigenvalue weighted by atomic mass is 32.2. The molecular formula is C6H9N2O3S-. The third-order valence-electron chi connectivity index (χ3n) is 1.94. The van der Waals surface area contributed by atoms with E-state index >= 15 is 0 Å². The molecule has 0 spiro atoms. The summed E-state index contributed by atoms with van der Waals surface area (Å²) in [5.74, 6) is -0.776. The van der Waals surface area contributed by atoms with Gasteiger partial charge in [0.2, 0.25) is 0 Å². The van der Waals surface area contributed by atoms with Crippen molar-refractivity contribution in [1.29, 1.82) is 0 Å². The molecule has 3 atom stereocenters. The molecule has 1 amide bonds. The summed E-state index contributed by atoms with van der Waals surface area (Å²) in [5.41, 5.74) is 4.48. The SMILES string of the molecule is C=CC1CC1(N)C(=O)NS(=O)[O-]. The standard InChI is InChI=1S/C6H10N2O3S/c1-2-4-3-6(4,7)5(9)8-12(10)11/h2,4H,1,3,7H2,(H,8,9)(H,10,11)/p-1. The minimum atomic E-state index is -2.58. The largest absolute Gasteiger partial charge is 0.755 e. The molecule has 0 aromatic heterocycles. The van der Waals surface area contributed by atoms with Crippen molar-refractivity contribution in [3.05, 3.63) is 12.7 Å². The Hall–Kier alpha value is -0.720. The summed E-state index contributed by atoms with van der Waals surface area (Å²) in [6.45, 7) is 3.47. The number of carbonyl (C=O) groups excluding carboxylic acids is 1. The van der Waals surface area contributed by atoms with Crippen LogP contribution in [0.3, 0.4) is 0 Å². The number of rotatable bonds is 3. The van der Waals surface area contributed by atoms with Gasteiger partial charge in [-0.1, -0.05) is 6.08 Å². The molecule has 3 N–H and O–H groups in total. The van der Waals surface area contributed by atoms with Crippen molar-refractivity contribution in [2.24, 2.45) is 11.7 Å². The quantitative estimate of drug-likeness (QED) is 0.430. The van der Waals surface area contributed by atoms with Gasteiger partial charge in [0.05, 0.1) is 0 Å². The van der Waals surface area contributed by atoms with Crippen LogP contribution in [0.2, 0.25) is 0 Å². The van der Waals surface area contributed by atoms with Gasteiger partial charge in [0.25, 0.3) is 5.91 Å². The average Bonchev–Trinajstić information content (AvgIpc) is 2.62. The summed E-state index contributed by atoms with van der Waals surface area (Å²) in [7, 11) is 0. The zero-order valence-corrected chi connectivity index (χ0v) is 7.10. The number of hydrogen-bond acceptors (Lipinski definition) is 4. The molecule has 0 radical (unpaired) electrons. The maximum absolute atomic E-state index is 11.0. The number of nitrogens with two attached hydrogens (primary N) is 1. The molecule has 6 heteroatoms. The molecule has 5 nitrogen and oxygen atoms in total. The van der Waals surface area contributed by atoms with Crippen molar-refractivity contribution in [3.8, 4) is 0 Å². The molecule has 1 saturated carbocycles. The zero-order chi connectivity index (χ0) is 9.35. The molecule has 0 bridgehead atoms. The molecule has 3 unspecified atom stereocenters. The smallest absolute Gasteiger partial charge is 0.251 e. The Morgan fingerprint density at radius 1 is 1.92 bits per heavy atom. The second-order valence-electron chi connectivity index (χ2n) is 2.75. The first kappa shape index (κ1) is 9.37. The van der Waals surface area contributed by atoms with Gasteiger partial charge >= 0.3 is 0 Å². The van der Waals surface area contributed by atoms with Crippen LogP contribution in [0.15, 0.2) is 12.7 Å². The lowest BCUT2D eigenvalue weighted by atomic mass is 10.2. The Labute approximate surface area is 72.4 Å². The maximum atomic E-state index is 11.0. The number of amides is 1. The van der Waals surface area contributed by atoms with Crippen molar-refractivity contribution in [2.45, 2.75) is 12.0 Å². The topological polar surface area (TPSA) is 95.2 Å². The Kier molecular flexibility index (Phi) is 2.31. The lowest BCUT2D eigenvalue weighted by molar-refractivity contribution is -0.121. The van der Waals surface area contributed by atoms with Crippen LogP contribution >= 0.6 is 0 Å². The van der Waals surface area contributed by atoms with E-state index in [1.54, 1.807) is 10.8 Å². The molecule has 0 saturated heterocycles. The molecule has 0 aromatic rings. The van der Waals surface area contributed by atoms with Gasteiger partial charge in [0, 0.05) is 17.2 Å². The second kappa shape index (κ2) is 2.96. The van der Waals surface area contributed by atoms with Gasteiger partial charge in [-0.15, -0.1) is 6.58 Å². The summed E-state index contributed by atoms with van der Waals surface area (Å²) in [4.78, 5) is 11.0. The van der Waals surface area contributed by atoms with Crippen LogP contribution in [0.25, 0.3) is 0 Å². The first-order valence-corrected chi connectivity index (χ1v) is 4.40. The molecule has 1 aliphatic rings. The normalized spacial score (nSPS) is 35.3. The van der Waals surface area contributed by atoms with Crippen LogP contribution < -0.4 is 10.5 Å². The van der Waals surface area contributed by atoms with Gasteiger partial charge in [0.1, 0.15) is 5.54 Å². The molecule has 1 rings (SSSR count). The van der Waals surface area contributed by atoms with E-state index in [4.69, 9.17) is 5.73 Å². The van der Waals surface area contributed by atoms with E-state index in [1.165, 1.54) is 0 Å². The van der Waals surface area contributed by atoms with Crippen LogP contribution in [-0.2, 0) is 16.1 Å². The predicted molar refractivity (Wildman–Crippen MR) is 42.3 cm³/mol. The maximum Gasteiger partial charge on any atom is 0.251 e. The van der Waals surface area contributed by atoms with Crippen molar-refractivity contribution >= 4 is 17.2 Å². The Balaban J connectivity index is 2.55. The van der Waals surface area contributed by atoms with E-state index in [2.05, 4.69) is 6.58 Å². The summed E-state index contributed by atoms with van der Waals surface area (Å²) in [5, 5.41) is 0. The van der Waals surface area contributed by atoms with E-state index in [9.17, 15) is 13.6 Å². The zero-order valence-electron chi connectivity index (χ0n) is 6.28. The molecule has 0 heterocycles. The highest BCUT2D eigenvalue weighted by Crippen LogP contribution is 2.41. The summed E-state index contributed by atoms with van der Waals surface area (Å²) in [6.07, 6.45) is 2.01. The summed E-state index contributed by atoms with van der Waals surface area (Å²) >= 11 is -2.58. The van der Waals surface area contributed by atoms with Crippen molar-refractivity contribution in [2.75, 3.05) is 0 Å². The third kappa shape index (κ3) is 1.55. The van der Waals surface area contributed by atoms with E-state index < -0.39 is 22.7 Å². The van der Waals surface area contributed by atoms with Gasteiger partial charge in [-0.05, 0) is 6.42 Å². The highest BCUT2D eigenvalue weighted by molar-refractivity contribution is 7.77. The lowest BCUT2D eigenvalue weighted by Crippen LogP contribution is -2.44. The average molecular weight is 189 g/mol. The molecule has 12 heavy (non-hydrogen) atoms. The van der Waals surface area contributed by atoms with E-state index in [1.807, 2.05) is 0 Å². The Bertz CT molecular complexity index is 255. The number of carbonyl (C=O) groups is 1. The van der Waals surface area contributed by atoms with Gasteiger partial charge in [-0.25, -0.2) is 0 Å². The molecule has 1 aliphatic carbocycles. The fourth-order valence-electron chi connectivity index (χ4n) is 1.03. The second-order valence-corrected chi connectivity index (χ2v) is 3.43. The first-order valence-electron chi connectivity index (χ1n) is 3.32. The van der Waals surface area contributed by atoms with Gasteiger partial charge in [-0.3, -0.25) is 13.7 Å². The van der Waals surface area contributed by atoms with Crippen LogP contribution in [0.5, 0.6) is 0 Å². The van der Waals surface area contributed by atoms with Crippen LogP contribution in [0.1, 0.15) is 6.42 Å². The van der Waals surface area contributed by atoms with Gasteiger partial charge < -0.3 is 10.3 Å². The third-order valence-corrected chi connectivity index (χ3v) is 2.29. The predicted octanol–water partition coefficient (Wildman–Crippen LogP) is -1.20. The first-order chi connectivity index (χ1) is 5.50. The van der Waals surface area contributed by atoms with Crippen molar-refractivity contribution in [3.63, 3.8) is 0 Å². The summed E-state index contributed by atoms with van der Waals surface area (Å²) in [6, 6.07) is 0. The fraction of sp³-hybridized carbons (Fsp3) is 0.500. The Morgan fingerprint density at radius 3 is 2.83 bits per heavy atom. The molecule has 68 valence electrons. The van der Waals surface area contributed by atoms with Crippen LogP contribution in [0.4, 0.5) is 0 Å². The van der Waals surface area contributed by atoms with Crippen molar-refractivity contribution < 1.29 is 13.6 Å². The van der Waals surface area contributed by atoms with Crippen LogP contribution in [0, 0.1) is 5.92 Å². The Morgan fingerprint density at radius 2 is 2.50 bits per heavy atom. The van der Waals surface area contributed by atoms with Gasteiger partial charge in [0.15, 0.2) is 0 Å².